The van der Waals surface area contributed by atoms with Gasteiger partial charge < -0.3 is 4.90 Å². The number of benzene rings is 1. The van der Waals surface area contributed by atoms with Crippen LogP contribution in [0.3, 0.4) is 0 Å². The number of carbonyl (C=O) groups is 1. The molecule has 6 nitrogen and oxygen atoms in total. The predicted molar refractivity (Wildman–Crippen MR) is 114 cm³/mol. The summed E-state index contributed by atoms with van der Waals surface area (Å²) in [7, 11) is 0. The minimum absolute atomic E-state index is 0.0891. The first-order valence-electron chi connectivity index (χ1n) is 10.4. The van der Waals surface area contributed by atoms with Gasteiger partial charge in [-0.25, -0.2) is 4.39 Å². The molecule has 1 aromatic heterocycles. The van der Waals surface area contributed by atoms with E-state index in [4.69, 9.17) is 0 Å². The zero-order valence-electron chi connectivity index (χ0n) is 17.5. The lowest BCUT2D eigenvalue weighted by molar-refractivity contribution is -0.129. The Morgan fingerprint density at radius 1 is 1.14 bits per heavy atom. The molecular weight excluding hydrogens is 389 g/mol. The van der Waals surface area contributed by atoms with Gasteiger partial charge >= 0.3 is 0 Å². The number of carbonyl (C=O) groups excluding carboxylic acids is 1. The Balaban J connectivity index is 1.87. The van der Waals surface area contributed by atoms with E-state index in [-0.39, 0.29) is 17.0 Å². The monoisotopic (exact) mass is 419 g/mol. The third-order valence-corrected chi connectivity index (χ3v) is 6.33. The van der Waals surface area contributed by atoms with Gasteiger partial charge in [-0.2, -0.15) is 0 Å². The SMILES string of the molecule is CCN(CC)C(=O)C(C)Sc1nnc(CN2CCCCC2)n1-c1ccc(F)cc1. The first-order valence-corrected chi connectivity index (χ1v) is 11.3. The minimum atomic E-state index is -0.279. The highest BCUT2D eigenvalue weighted by Crippen LogP contribution is 2.28. The Morgan fingerprint density at radius 3 is 2.41 bits per heavy atom. The maximum absolute atomic E-state index is 13.5. The molecule has 0 radical (unpaired) electrons. The molecule has 1 saturated heterocycles. The lowest BCUT2D eigenvalue weighted by Crippen LogP contribution is -2.36. The van der Waals surface area contributed by atoms with Crippen LogP contribution in [0.2, 0.25) is 0 Å². The van der Waals surface area contributed by atoms with Crippen molar-refractivity contribution >= 4 is 17.7 Å². The molecule has 0 N–H and O–H groups in total. The molecule has 8 heteroatoms. The average Bonchev–Trinajstić information content (AvgIpc) is 3.12. The van der Waals surface area contributed by atoms with Crippen LogP contribution < -0.4 is 0 Å². The van der Waals surface area contributed by atoms with Crippen LogP contribution in [0, 0.1) is 5.82 Å². The fourth-order valence-corrected chi connectivity index (χ4v) is 4.62. The zero-order valence-corrected chi connectivity index (χ0v) is 18.3. The summed E-state index contributed by atoms with van der Waals surface area (Å²) in [6, 6.07) is 6.36. The maximum Gasteiger partial charge on any atom is 0.235 e. The maximum atomic E-state index is 13.5. The van der Waals surface area contributed by atoms with Crippen molar-refractivity contribution in [3.8, 4) is 5.69 Å². The second kappa shape index (κ2) is 10.2. The molecule has 29 heavy (non-hydrogen) atoms. The molecule has 1 aromatic carbocycles. The number of hydrogen-bond donors (Lipinski definition) is 0. The lowest BCUT2D eigenvalue weighted by atomic mass is 10.1. The molecule has 158 valence electrons. The fourth-order valence-electron chi connectivity index (χ4n) is 3.65. The van der Waals surface area contributed by atoms with E-state index in [2.05, 4.69) is 15.1 Å². The van der Waals surface area contributed by atoms with Crippen molar-refractivity contribution in [1.29, 1.82) is 0 Å². The number of hydrogen-bond acceptors (Lipinski definition) is 5. The molecule has 0 bridgehead atoms. The first-order chi connectivity index (χ1) is 14.0. The van der Waals surface area contributed by atoms with Crippen molar-refractivity contribution in [3.05, 3.63) is 35.9 Å². The van der Waals surface area contributed by atoms with Crippen LogP contribution in [0.5, 0.6) is 0 Å². The molecular formula is C21H30FN5OS. The zero-order chi connectivity index (χ0) is 20.8. The van der Waals surface area contributed by atoms with Gasteiger partial charge in [-0.1, -0.05) is 18.2 Å². The molecule has 2 heterocycles. The van der Waals surface area contributed by atoms with E-state index < -0.39 is 0 Å². The third-order valence-electron chi connectivity index (χ3n) is 5.30. The van der Waals surface area contributed by atoms with E-state index in [1.165, 1.54) is 43.2 Å². The molecule has 1 aliphatic heterocycles. The number of aromatic nitrogens is 3. The molecule has 1 fully saturated rings. The highest BCUT2D eigenvalue weighted by Gasteiger charge is 2.24. The fraction of sp³-hybridized carbons (Fsp3) is 0.571. The van der Waals surface area contributed by atoms with Crippen LogP contribution in [0.1, 0.15) is 45.9 Å². The number of thioether (sulfide) groups is 1. The van der Waals surface area contributed by atoms with Gasteiger partial charge in [0.25, 0.3) is 0 Å². The molecule has 1 amide bonds. The number of halogens is 1. The van der Waals surface area contributed by atoms with E-state index in [0.29, 0.717) is 24.8 Å². The lowest BCUT2D eigenvalue weighted by Gasteiger charge is -2.26. The summed E-state index contributed by atoms with van der Waals surface area (Å²) >= 11 is 1.41. The van der Waals surface area contributed by atoms with Crippen molar-refractivity contribution in [2.24, 2.45) is 0 Å². The van der Waals surface area contributed by atoms with Gasteiger partial charge in [0.2, 0.25) is 5.91 Å². The molecule has 1 atom stereocenters. The largest absolute Gasteiger partial charge is 0.342 e. The van der Waals surface area contributed by atoms with E-state index in [0.717, 1.165) is 24.6 Å². The molecule has 1 unspecified atom stereocenters. The average molecular weight is 420 g/mol. The van der Waals surface area contributed by atoms with Crippen LogP contribution in [0.25, 0.3) is 5.69 Å². The molecule has 2 aromatic rings. The Kier molecular flexibility index (Phi) is 7.66. The van der Waals surface area contributed by atoms with E-state index in [1.54, 1.807) is 12.1 Å². The van der Waals surface area contributed by atoms with Gasteiger partial charge in [-0.3, -0.25) is 14.3 Å². The highest BCUT2D eigenvalue weighted by molar-refractivity contribution is 8.00. The normalized spacial score (nSPS) is 16.0. The van der Waals surface area contributed by atoms with Crippen LogP contribution in [-0.4, -0.2) is 61.9 Å². The summed E-state index contributed by atoms with van der Waals surface area (Å²) in [6.45, 7) is 10.0. The summed E-state index contributed by atoms with van der Waals surface area (Å²) in [6.07, 6.45) is 3.66. The molecule has 0 saturated carbocycles. The van der Waals surface area contributed by atoms with Crippen molar-refractivity contribution in [3.63, 3.8) is 0 Å². The van der Waals surface area contributed by atoms with E-state index in [1.807, 2.05) is 30.2 Å². The summed E-state index contributed by atoms with van der Waals surface area (Å²) in [5.41, 5.74) is 0.813. The molecule has 0 aliphatic carbocycles. The Labute approximate surface area is 176 Å². The Hall–Kier alpha value is -1.93. The molecule has 1 aliphatic rings. The standard InChI is InChI=1S/C21H30FN5OS/c1-4-26(5-2)20(28)16(3)29-21-24-23-19(15-25-13-7-6-8-14-25)27(21)18-11-9-17(22)10-12-18/h9-12,16H,4-8,13-15H2,1-3H3. The Morgan fingerprint density at radius 2 is 1.79 bits per heavy atom. The second-order valence-corrected chi connectivity index (χ2v) is 8.63. The van der Waals surface area contributed by atoms with Gasteiger partial charge in [0.05, 0.1) is 11.8 Å². The summed E-state index contributed by atoms with van der Waals surface area (Å²) in [5.74, 6) is 0.633. The highest BCUT2D eigenvalue weighted by atomic mass is 32.2. The summed E-state index contributed by atoms with van der Waals surface area (Å²) in [4.78, 5) is 16.9. The smallest absolute Gasteiger partial charge is 0.235 e. The third kappa shape index (κ3) is 5.36. The number of likely N-dealkylation sites (tertiary alicyclic amines) is 1. The van der Waals surface area contributed by atoms with E-state index >= 15 is 0 Å². The number of piperidine rings is 1. The van der Waals surface area contributed by atoms with Gasteiger partial charge in [0.15, 0.2) is 11.0 Å². The van der Waals surface area contributed by atoms with E-state index in [9.17, 15) is 9.18 Å². The topological polar surface area (TPSA) is 54.3 Å². The van der Waals surface area contributed by atoms with Gasteiger partial charge in [0, 0.05) is 18.8 Å². The Bertz CT molecular complexity index is 800. The summed E-state index contributed by atoms with van der Waals surface area (Å²) < 4.78 is 15.4. The predicted octanol–water partition coefficient (Wildman–Crippen LogP) is 3.74. The number of nitrogens with zero attached hydrogens (tertiary/aromatic N) is 5. The van der Waals surface area contributed by atoms with Crippen molar-refractivity contribution in [2.45, 2.75) is 57.0 Å². The molecule has 3 rings (SSSR count). The van der Waals surface area contributed by atoms with Crippen LogP contribution in [-0.2, 0) is 11.3 Å². The van der Waals surface area contributed by atoms with Crippen LogP contribution in [0.4, 0.5) is 4.39 Å². The van der Waals surface area contributed by atoms with Gasteiger partial charge in [0.1, 0.15) is 5.82 Å². The number of rotatable bonds is 8. The first kappa shape index (κ1) is 21.8. The van der Waals surface area contributed by atoms with Gasteiger partial charge in [-0.15, -0.1) is 10.2 Å². The number of amides is 1. The van der Waals surface area contributed by atoms with Crippen molar-refractivity contribution in [1.82, 2.24) is 24.6 Å². The quantitative estimate of drug-likeness (QED) is 0.610. The van der Waals surface area contributed by atoms with Crippen LogP contribution in [0.15, 0.2) is 29.4 Å². The van der Waals surface area contributed by atoms with Crippen molar-refractivity contribution in [2.75, 3.05) is 26.2 Å². The van der Waals surface area contributed by atoms with Gasteiger partial charge in [-0.05, 0) is 71.0 Å². The van der Waals surface area contributed by atoms with Crippen molar-refractivity contribution < 1.29 is 9.18 Å². The minimum Gasteiger partial charge on any atom is -0.342 e. The van der Waals surface area contributed by atoms with Crippen LogP contribution >= 0.6 is 11.8 Å². The molecule has 0 spiro atoms. The summed E-state index contributed by atoms with van der Waals surface area (Å²) in [5, 5.41) is 9.22. The second-order valence-electron chi connectivity index (χ2n) is 7.32.